The molecule has 1 N–H and O–H groups in total. The quantitative estimate of drug-likeness (QED) is 0.540. The molecule has 0 saturated carbocycles. The Kier molecular flexibility index (Phi) is 0.519. The van der Waals surface area contributed by atoms with Crippen LogP contribution in [0, 0.1) is 6.92 Å². The number of aryl methyl sites for hydroxylation is 1. The lowest BCUT2D eigenvalue weighted by atomic mass is 10.1. The molecule has 0 radical (unpaired) electrons. The van der Waals surface area contributed by atoms with Gasteiger partial charge in [0.25, 0.3) is 0 Å². The van der Waals surface area contributed by atoms with Crippen LogP contribution < -0.4 is 5.32 Å². The fourth-order valence-corrected chi connectivity index (χ4v) is 0.912. The second-order valence-corrected chi connectivity index (χ2v) is 2.15. The van der Waals surface area contributed by atoms with Gasteiger partial charge in [0.2, 0.25) is 0 Å². The monoisotopic (exact) mass is 105 g/mol. The molecular weight excluding hydrogens is 98.1 g/mol. The van der Waals surface area contributed by atoms with Gasteiger partial charge in [-0.2, -0.15) is 0 Å². The number of hydrogen-bond donors (Lipinski definition) is 1. The first-order valence-electron chi connectivity index (χ1n) is 2.74. The maximum atomic E-state index is 3.18. The third kappa shape index (κ3) is 0.316. The van der Waals surface area contributed by atoms with E-state index in [2.05, 4.69) is 30.4 Å². The molecule has 40 valence electrons. The molecule has 1 heteroatoms. The van der Waals surface area contributed by atoms with Crippen molar-refractivity contribution in [2.24, 2.45) is 0 Å². The largest absolute Gasteiger partial charge is 0.355 e. The summed E-state index contributed by atoms with van der Waals surface area (Å²) in [5.41, 5.74) is 3.85. The van der Waals surface area contributed by atoms with Gasteiger partial charge in [0.05, 0.1) is 0 Å². The molecule has 2 heterocycles. The lowest BCUT2D eigenvalue weighted by Crippen LogP contribution is -2.01. The first kappa shape index (κ1) is 3.96. The summed E-state index contributed by atoms with van der Waals surface area (Å²) < 4.78 is 0. The highest BCUT2D eigenvalue weighted by Gasteiger charge is 2.07. The van der Waals surface area contributed by atoms with E-state index in [9.17, 15) is 0 Å². The summed E-state index contributed by atoms with van der Waals surface area (Å²) in [6.45, 7) is 2.10. The van der Waals surface area contributed by atoms with E-state index < -0.39 is 0 Å². The van der Waals surface area contributed by atoms with Gasteiger partial charge in [-0.25, -0.2) is 0 Å². The second-order valence-electron chi connectivity index (χ2n) is 2.15. The van der Waals surface area contributed by atoms with Crippen molar-refractivity contribution in [1.82, 2.24) is 0 Å². The molecular formula is C7H7N. The average Bonchev–Trinajstić information content (AvgIpc) is 1.62. The van der Waals surface area contributed by atoms with Gasteiger partial charge in [0.1, 0.15) is 0 Å². The standard InChI is InChI=1S/C7H7N/c1-5-2-3-6-4-7(5)8-6/h2-4,8H,1H3. The SMILES string of the molecule is Cc1ccc2cc1N2. The molecule has 0 aliphatic carbocycles. The topological polar surface area (TPSA) is 12.0 Å². The van der Waals surface area contributed by atoms with Gasteiger partial charge in [-0.1, -0.05) is 6.07 Å². The van der Waals surface area contributed by atoms with Gasteiger partial charge in [0, 0.05) is 11.4 Å². The smallest absolute Gasteiger partial charge is 0.0434 e. The second kappa shape index (κ2) is 1.05. The minimum Gasteiger partial charge on any atom is -0.355 e. The predicted octanol–water partition coefficient (Wildman–Crippen LogP) is 2.05. The lowest BCUT2D eigenvalue weighted by molar-refractivity contribution is 1.37. The van der Waals surface area contributed by atoms with Crippen LogP contribution in [0.2, 0.25) is 0 Å². The summed E-state index contributed by atoms with van der Waals surface area (Å²) in [4.78, 5) is 0. The third-order valence-corrected chi connectivity index (χ3v) is 1.52. The summed E-state index contributed by atoms with van der Waals surface area (Å²) in [5, 5.41) is 3.18. The van der Waals surface area contributed by atoms with Crippen LogP contribution in [-0.2, 0) is 0 Å². The molecule has 1 nitrogen and oxygen atoms in total. The third-order valence-electron chi connectivity index (χ3n) is 1.52. The van der Waals surface area contributed by atoms with Crippen LogP contribution in [0.1, 0.15) is 5.56 Å². The lowest BCUT2D eigenvalue weighted by Gasteiger charge is -2.19. The Bertz CT molecular complexity index is 219. The van der Waals surface area contributed by atoms with Crippen molar-refractivity contribution >= 4 is 11.4 Å². The molecule has 1 aromatic rings. The van der Waals surface area contributed by atoms with Crippen molar-refractivity contribution in [1.29, 1.82) is 0 Å². The molecule has 0 aromatic heterocycles. The first-order chi connectivity index (χ1) is 3.86. The Labute approximate surface area is 48.3 Å². The van der Waals surface area contributed by atoms with E-state index in [1.54, 1.807) is 0 Å². The molecule has 0 saturated heterocycles. The van der Waals surface area contributed by atoms with Gasteiger partial charge >= 0.3 is 0 Å². The van der Waals surface area contributed by atoms with E-state index in [0.29, 0.717) is 0 Å². The van der Waals surface area contributed by atoms with Crippen molar-refractivity contribution < 1.29 is 0 Å². The van der Waals surface area contributed by atoms with Crippen LogP contribution in [0.25, 0.3) is 0 Å². The minimum atomic E-state index is 1.24. The maximum Gasteiger partial charge on any atom is 0.0434 e. The van der Waals surface area contributed by atoms with E-state index in [4.69, 9.17) is 0 Å². The highest BCUT2D eigenvalue weighted by molar-refractivity contribution is 5.76. The van der Waals surface area contributed by atoms with Crippen molar-refractivity contribution in [3.8, 4) is 0 Å². The zero-order valence-corrected chi connectivity index (χ0v) is 4.73. The number of benzene rings is 1. The van der Waals surface area contributed by atoms with Crippen LogP contribution in [0.4, 0.5) is 11.4 Å². The first-order valence-corrected chi connectivity index (χ1v) is 2.74. The number of nitrogens with one attached hydrogen (secondary N) is 1. The Morgan fingerprint density at radius 1 is 1.38 bits per heavy atom. The molecule has 2 bridgehead atoms. The number of hydrogen-bond acceptors (Lipinski definition) is 1. The summed E-state index contributed by atoms with van der Waals surface area (Å²) in [6, 6.07) is 6.36. The van der Waals surface area contributed by atoms with E-state index in [1.807, 2.05) is 0 Å². The number of anilines is 2. The molecule has 0 unspecified atom stereocenters. The molecule has 0 amide bonds. The zero-order chi connectivity index (χ0) is 5.56. The van der Waals surface area contributed by atoms with Gasteiger partial charge in [-0.3, -0.25) is 0 Å². The van der Waals surface area contributed by atoms with Gasteiger partial charge in [-0.15, -0.1) is 0 Å². The predicted molar refractivity (Wildman–Crippen MR) is 34.5 cm³/mol. The average molecular weight is 105 g/mol. The van der Waals surface area contributed by atoms with E-state index in [1.165, 1.54) is 16.9 Å². The Balaban J connectivity index is 2.72. The van der Waals surface area contributed by atoms with Crippen LogP contribution >= 0.6 is 0 Å². The van der Waals surface area contributed by atoms with Crippen molar-refractivity contribution in [3.63, 3.8) is 0 Å². The highest BCUT2D eigenvalue weighted by Crippen LogP contribution is 2.31. The summed E-state index contributed by atoms with van der Waals surface area (Å²) in [5.74, 6) is 0. The maximum absolute atomic E-state index is 3.18. The van der Waals surface area contributed by atoms with E-state index in [0.717, 1.165) is 0 Å². The summed E-state index contributed by atoms with van der Waals surface area (Å²) >= 11 is 0. The minimum absolute atomic E-state index is 1.24. The molecule has 1 aromatic carbocycles. The Hall–Kier alpha value is -0.980. The Morgan fingerprint density at radius 3 is 2.38 bits per heavy atom. The Morgan fingerprint density at radius 2 is 2.12 bits per heavy atom. The van der Waals surface area contributed by atoms with Gasteiger partial charge < -0.3 is 5.32 Å². The van der Waals surface area contributed by atoms with Gasteiger partial charge in [-0.05, 0) is 24.6 Å². The summed E-state index contributed by atoms with van der Waals surface area (Å²) in [7, 11) is 0. The number of rotatable bonds is 0. The van der Waals surface area contributed by atoms with Crippen molar-refractivity contribution in [2.45, 2.75) is 6.92 Å². The highest BCUT2D eigenvalue weighted by atomic mass is 14.9. The zero-order valence-electron chi connectivity index (χ0n) is 4.73. The normalized spacial score (nSPS) is 12.1. The molecule has 3 rings (SSSR count). The van der Waals surface area contributed by atoms with Crippen LogP contribution in [0.15, 0.2) is 18.2 Å². The van der Waals surface area contributed by atoms with Crippen molar-refractivity contribution in [3.05, 3.63) is 23.8 Å². The molecule has 2 aliphatic rings. The molecule has 0 spiro atoms. The van der Waals surface area contributed by atoms with E-state index >= 15 is 0 Å². The molecule has 2 aliphatic heterocycles. The van der Waals surface area contributed by atoms with E-state index in [-0.39, 0.29) is 0 Å². The van der Waals surface area contributed by atoms with Crippen LogP contribution in [0.5, 0.6) is 0 Å². The molecule has 8 heavy (non-hydrogen) atoms. The van der Waals surface area contributed by atoms with Gasteiger partial charge in [0.15, 0.2) is 0 Å². The number of fused-ring (bicyclic) bond motifs is 2. The fourth-order valence-electron chi connectivity index (χ4n) is 0.912. The molecule has 0 atom stereocenters. The summed E-state index contributed by atoms with van der Waals surface area (Å²) in [6.07, 6.45) is 0. The van der Waals surface area contributed by atoms with Crippen LogP contribution in [0.3, 0.4) is 0 Å². The van der Waals surface area contributed by atoms with Crippen LogP contribution in [-0.4, -0.2) is 0 Å². The van der Waals surface area contributed by atoms with Crippen molar-refractivity contribution in [2.75, 3.05) is 5.32 Å². The fraction of sp³-hybridized carbons (Fsp3) is 0.143. The molecule has 0 fully saturated rings.